The van der Waals surface area contributed by atoms with E-state index in [1.165, 1.54) is 61.8 Å². The van der Waals surface area contributed by atoms with Crippen LogP contribution in [0.3, 0.4) is 0 Å². The Hall–Kier alpha value is -2.06. The van der Waals surface area contributed by atoms with Crippen molar-refractivity contribution in [1.82, 2.24) is 19.6 Å². The fourth-order valence-electron chi connectivity index (χ4n) is 11.0. The second kappa shape index (κ2) is 10.4. The molecule has 274 valence electrons. The summed E-state index contributed by atoms with van der Waals surface area (Å²) in [4.78, 5) is 61.0. The van der Waals surface area contributed by atoms with Gasteiger partial charge in [0.1, 0.15) is 24.5 Å². The summed E-state index contributed by atoms with van der Waals surface area (Å²) in [5.74, 6) is -2.05. The van der Waals surface area contributed by atoms with E-state index in [2.05, 4.69) is 10.6 Å². The van der Waals surface area contributed by atoms with E-state index >= 15 is 14.4 Å². The molecule has 8 saturated heterocycles. The molecule has 12 rings (SSSR count). The number of benzene rings is 2. The van der Waals surface area contributed by atoms with Crippen molar-refractivity contribution >= 4 is 97.8 Å². The maximum Gasteiger partial charge on any atom is 0.264 e. The molecule has 2 aromatic carbocycles. The van der Waals surface area contributed by atoms with Crippen LogP contribution >= 0.6 is 62.8 Å². The van der Waals surface area contributed by atoms with Gasteiger partial charge in [-0.2, -0.15) is 0 Å². The van der Waals surface area contributed by atoms with Gasteiger partial charge in [0.05, 0.1) is 10.8 Å². The Bertz CT molecular complexity index is 2050. The van der Waals surface area contributed by atoms with Crippen LogP contribution in [0.2, 0.25) is 0 Å². The second-order valence-corrected chi connectivity index (χ2v) is 24.1. The van der Waals surface area contributed by atoms with Gasteiger partial charge >= 0.3 is 0 Å². The van der Waals surface area contributed by atoms with E-state index in [1.807, 2.05) is 76.2 Å². The topological polar surface area (TPSA) is 146 Å². The predicted octanol–water partition coefficient (Wildman–Crippen LogP) is 3.90. The minimum Gasteiger partial charge on any atom is -0.388 e. The van der Waals surface area contributed by atoms with Gasteiger partial charge in [-0.05, 0) is 87.1 Å². The number of amides is 4. The number of aliphatic hydroxyl groups is 2. The number of nitrogens with one attached hydrogen (secondary N) is 2. The number of fused-ring (bicyclic) bond motifs is 13. The van der Waals surface area contributed by atoms with Gasteiger partial charge < -0.3 is 30.6 Å². The molecule has 10 heterocycles. The van der Waals surface area contributed by atoms with Gasteiger partial charge in [-0.1, -0.05) is 74.9 Å². The SMILES string of the molecule is CC(C)[C@]12SSSS[C@]3(C(=O)N1C)[C@@H](O)[C@]1([C@]45c6ccccc6N[C@H]4N4C(=O)[C@@]6(C(C)C)SS[C@@]4(C(=O)N6C)[C@H]5O)c4ccccc4N[C@@H]1N3C2=O. The van der Waals surface area contributed by atoms with Crippen molar-refractivity contribution in [3.8, 4) is 0 Å². The molecule has 4 bridgehead atoms. The Balaban J connectivity index is 1.34. The lowest BCUT2D eigenvalue weighted by molar-refractivity contribution is -0.169. The number of likely N-dealkylation sites (N-methyl/N-ethyl adjacent to an activating group) is 2. The third-order valence-corrected chi connectivity index (χ3v) is 24.6. The third-order valence-electron chi connectivity index (χ3n) is 13.2. The van der Waals surface area contributed by atoms with Crippen LogP contribution in [0.15, 0.2) is 48.5 Å². The highest BCUT2D eigenvalue weighted by atomic mass is 33.7. The highest BCUT2D eigenvalue weighted by Crippen LogP contribution is 2.79. The average molecular weight is 817 g/mol. The van der Waals surface area contributed by atoms with Crippen molar-refractivity contribution in [1.29, 1.82) is 0 Å². The van der Waals surface area contributed by atoms with Crippen LogP contribution in [0.1, 0.15) is 38.8 Å². The van der Waals surface area contributed by atoms with Crippen LogP contribution in [0.4, 0.5) is 11.4 Å². The summed E-state index contributed by atoms with van der Waals surface area (Å²) in [5, 5.41) is 34.5. The molecule has 8 fully saturated rings. The fraction of sp³-hybridized carbons (Fsp3) is 0.529. The quantitative estimate of drug-likeness (QED) is 0.333. The van der Waals surface area contributed by atoms with Crippen molar-refractivity contribution in [3.05, 3.63) is 59.7 Å². The van der Waals surface area contributed by atoms with Crippen molar-refractivity contribution in [3.63, 3.8) is 0 Å². The summed E-state index contributed by atoms with van der Waals surface area (Å²) in [6.45, 7) is 7.68. The standard InChI is InChI=1S/C34H36N6O6S6/c1-15(2)31-27(45)39-23-29(17-11-7-9-13-19(17)35-23,21(41)33(39,48-47-31)25(43)37(31)5)30-18-12-8-10-14-20(18)36-24(30)40-28(46)32(16(3)4)38(6)26(44)34(40,22(30)42)50-52-51-49-32/h7-16,21-24,35-36,41-42H,1-6H3/t21-,22-,23-,24+,29-,30+,31+,32+,33+,34-/m0/s1. The molecule has 4 amide bonds. The van der Waals surface area contributed by atoms with E-state index in [4.69, 9.17) is 0 Å². The molecule has 10 atom stereocenters. The molecule has 4 N–H and O–H groups in total. The lowest BCUT2D eigenvalue weighted by Crippen LogP contribution is -2.79. The highest BCUT2D eigenvalue weighted by Gasteiger charge is 2.92. The van der Waals surface area contributed by atoms with Gasteiger partial charge in [0, 0.05) is 25.5 Å². The van der Waals surface area contributed by atoms with Crippen LogP contribution in [-0.4, -0.2) is 112 Å². The average Bonchev–Trinajstić information content (AvgIpc) is 3.76. The van der Waals surface area contributed by atoms with Crippen LogP contribution in [0, 0.1) is 11.8 Å². The molecule has 0 aliphatic carbocycles. The molecule has 0 radical (unpaired) electrons. The Morgan fingerprint density at radius 1 is 0.596 bits per heavy atom. The lowest BCUT2D eigenvalue weighted by Gasteiger charge is -2.60. The van der Waals surface area contributed by atoms with Gasteiger partial charge in [-0.15, -0.1) is 0 Å². The smallest absolute Gasteiger partial charge is 0.264 e. The normalized spacial score (nSPS) is 43.7. The van der Waals surface area contributed by atoms with Crippen LogP contribution in [0.5, 0.6) is 0 Å². The molecular formula is C34H36N6O6S6. The van der Waals surface area contributed by atoms with E-state index in [-0.39, 0.29) is 23.7 Å². The molecule has 2 aromatic rings. The van der Waals surface area contributed by atoms with E-state index in [1.54, 1.807) is 23.9 Å². The zero-order chi connectivity index (χ0) is 36.7. The minimum atomic E-state index is -1.84. The van der Waals surface area contributed by atoms with E-state index in [0.717, 1.165) is 10.8 Å². The van der Waals surface area contributed by atoms with Gasteiger partial charge in [0.2, 0.25) is 9.74 Å². The molecule has 0 saturated carbocycles. The number of anilines is 2. The van der Waals surface area contributed by atoms with Crippen LogP contribution in [0.25, 0.3) is 0 Å². The first-order valence-corrected chi connectivity index (χ1v) is 24.1. The van der Waals surface area contributed by atoms with Gasteiger partial charge in [-0.3, -0.25) is 29.0 Å². The Labute approximate surface area is 323 Å². The Morgan fingerprint density at radius 2 is 1.00 bits per heavy atom. The number of aliphatic hydroxyl groups excluding tert-OH is 2. The summed E-state index contributed by atoms with van der Waals surface area (Å²) >= 11 is 0. The number of rotatable bonds is 3. The first-order chi connectivity index (χ1) is 24.7. The molecule has 0 aromatic heterocycles. The summed E-state index contributed by atoms with van der Waals surface area (Å²) < 4.78 is 0. The monoisotopic (exact) mass is 816 g/mol. The second-order valence-electron chi connectivity index (χ2n) is 15.4. The van der Waals surface area contributed by atoms with Crippen LogP contribution in [-0.2, 0) is 30.0 Å². The number of piperazine rings is 2. The Morgan fingerprint density at radius 3 is 1.46 bits per heavy atom. The van der Waals surface area contributed by atoms with Gasteiger partial charge in [-0.25, -0.2) is 0 Å². The number of hydrogen-bond donors (Lipinski definition) is 4. The predicted molar refractivity (Wildman–Crippen MR) is 208 cm³/mol. The minimum absolute atomic E-state index is 0.283. The van der Waals surface area contributed by atoms with Gasteiger partial charge in [0.25, 0.3) is 23.6 Å². The van der Waals surface area contributed by atoms with Crippen molar-refractivity contribution in [2.45, 2.75) is 82.5 Å². The van der Waals surface area contributed by atoms with Crippen molar-refractivity contribution in [2.75, 3.05) is 24.7 Å². The number of carbonyl (C=O) groups excluding carboxylic acids is 4. The first-order valence-electron chi connectivity index (χ1n) is 17.1. The molecule has 2 spiro atoms. The van der Waals surface area contributed by atoms with E-state index in [9.17, 15) is 15.0 Å². The fourth-order valence-corrected chi connectivity index (χ4v) is 23.3. The lowest BCUT2D eigenvalue weighted by atomic mass is 9.52. The number of hydrogen-bond acceptors (Lipinski definition) is 14. The van der Waals surface area contributed by atoms with E-state index < -0.39 is 66.7 Å². The molecule has 18 heteroatoms. The molecule has 10 aliphatic heterocycles. The number of nitrogens with zero attached hydrogens (tertiary/aromatic N) is 4. The molecule has 0 unspecified atom stereocenters. The summed E-state index contributed by atoms with van der Waals surface area (Å²) in [6.07, 6.45) is -5.37. The third kappa shape index (κ3) is 3.09. The summed E-state index contributed by atoms with van der Waals surface area (Å²) in [6, 6.07) is 14.9. The largest absolute Gasteiger partial charge is 0.388 e. The zero-order valence-electron chi connectivity index (χ0n) is 28.8. The molecule has 12 nitrogen and oxygen atoms in total. The Kier molecular flexibility index (Phi) is 6.89. The van der Waals surface area contributed by atoms with E-state index in [0.29, 0.717) is 22.5 Å². The van der Waals surface area contributed by atoms with Gasteiger partial charge in [0.15, 0.2) is 9.74 Å². The highest BCUT2D eigenvalue weighted by molar-refractivity contribution is 9.26. The summed E-state index contributed by atoms with van der Waals surface area (Å²) in [5.41, 5.74) is -0.877. The molecule has 52 heavy (non-hydrogen) atoms. The van der Waals surface area contributed by atoms with Crippen molar-refractivity contribution < 1.29 is 29.4 Å². The maximum absolute atomic E-state index is 15.5. The maximum atomic E-state index is 15.5. The number of carbonyl (C=O) groups is 4. The van der Waals surface area contributed by atoms with Crippen LogP contribution < -0.4 is 10.6 Å². The van der Waals surface area contributed by atoms with Crippen molar-refractivity contribution in [2.24, 2.45) is 11.8 Å². The zero-order valence-corrected chi connectivity index (χ0v) is 33.7. The molecular weight excluding hydrogens is 781 g/mol. The number of para-hydroxylation sites is 2. The molecule has 10 aliphatic rings. The first kappa shape index (κ1) is 34.4. The summed E-state index contributed by atoms with van der Waals surface area (Å²) in [7, 11) is 11.0.